The normalized spacial score (nSPS) is 10.5. The third-order valence-corrected chi connectivity index (χ3v) is 2.92. The highest BCUT2D eigenvalue weighted by Gasteiger charge is 2.20. The van der Waals surface area contributed by atoms with E-state index in [1.807, 2.05) is 13.0 Å². The summed E-state index contributed by atoms with van der Waals surface area (Å²) >= 11 is 5.96. The molecule has 1 aromatic carbocycles. The van der Waals surface area contributed by atoms with Gasteiger partial charge in [0, 0.05) is 10.6 Å². The van der Waals surface area contributed by atoms with Crippen LogP contribution >= 0.6 is 11.6 Å². The zero-order valence-electron chi connectivity index (χ0n) is 11.0. The number of carbonyl (C=O) groups excluding carboxylic acids is 1. The Morgan fingerprint density at radius 2 is 2.16 bits per heavy atom. The second-order valence-electron chi connectivity index (χ2n) is 4.11. The lowest BCUT2D eigenvalue weighted by molar-refractivity contribution is 0.0490. The highest BCUT2D eigenvalue weighted by atomic mass is 35.5. The number of carbonyl (C=O) groups is 1. The third kappa shape index (κ3) is 2.79. The quantitative estimate of drug-likeness (QED) is 0.802. The summed E-state index contributed by atoms with van der Waals surface area (Å²) in [6.45, 7) is 5.67. The van der Waals surface area contributed by atoms with Crippen LogP contribution < -0.4 is 0 Å². The Balaban J connectivity index is 2.44. The van der Waals surface area contributed by atoms with E-state index in [0.29, 0.717) is 23.2 Å². The van der Waals surface area contributed by atoms with Crippen molar-refractivity contribution < 1.29 is 13.9 Å². The Bertz CT molecular complexity index is 619. The van der Waals surface area contributed by atoms with Crippen LogP contribution in [-0.2, 0) is 4.74 Å². The molecule has 0 amide bonds. The van der Waals surface area contributed by atoms with Crippen LogP contribution in [0.25, 0.3) is 11.5 Å². The summed E-state index contributed by atoms with van der Waals surface area (Å²) in [5, 5.41) is 0.592. The molecule has 1 heterocycles. The number of oxazole rings is 1. The van der Waals surface area contributed by atoms with E-state index in [-0.39, 0.29) is 5.76 Å². The molecule has 0 radical (unpaired) electrons. The average Bonchev–Trinajstić information content (AvgIpc) is 2.74. The van der Waals surface area contributed by atoms with Crippen molar-refractivity contribution in [2.24, 2.45) is 0 Å². The zero-order chi connectivity index (χ0) is 14.0. The van der Waals surface area contributed by atoms with Crippen molar-refractivity contribution in [3.63, 3.8) is 0 Å². The lowest BCUT2D eigenvalue weighted by Crippen LogP contribution is -2.04. The summed E-state index contributed by atoms with van der Waals surface area (Å²) in [6, 6.07) is 5.43. The lowest BCUT2D eigenvalue weighted by atomic mass is 10.1. The molecule has 0 saturated carbocycles. The largest absolute Gasteiger partial charge is 0.460 e. The lowest BCUT2D eigenvalue weighted by Gasteiger charge is -2.01. The van der Waals surface area contributed by atoms with Gasteiger partial charge in [-0.25, -0.2) is 9.78 Å². The van der Waals surface area contributed by atoms with Crippen LogP contribution in [0.15, 0.2) is 22.6 Å². The van der Waals surface area contributed by atoms with Crippen molar-refractivity contribution in [3.8, 4) is 11.5 Å². The van der Waals surface area contributed by atoms with Gasteiger partial charge >= 0.3 is 5.97 Å². The Kier molecular flexibility index (Phi) is 3.90. The van der Waals surface area contributed by atoms with Crippen molar-refractivity contribution >= 4 is 17.6 Å². The summed E-state index contributed by atoms with van der Waals surface area (Å²) in [5.74, 6) is 0.00945. The first-order valence-electron chi connectivity index (χ1n) is 5.94. The van der Waals surface area contributed by atoms with Crippen molar-refractivity contribution in [1.82, 2.24) is 4.98 Å². The molecular weight excluding hydrogens is 266 g/mol. The highest BCUT2D eigenvalue weighted by Crippen LogP contribution is 2.27. The number of ether oxygens (including phenoxy) is 1. The van der Waals surface area contributed by atoms with E-state index in [9.17, 15) is 4.79 Å². The van der Waals surface area contributed by atoms with Crippen LogP contribution in [0, 0.1) is 13.8 Å². The molecular formula is C14H14ClNO3. The van der Waals surface area contributed by atoms with Crippen LogP contribution in [0.3, 0.4) is 0 Å². The predicted octanol–water partition coefficient (Wildman–Crippen LogP) is 3.79. The number of rotatable bonds is 3. The first kappa shape index (κ1) is 13.6. The molecule has 0 aliphatic rings. The first-order valence-corrected chi connectivity index (χ1v) is 6.31. The SMILES string of the molecule is CCOC(=O)c1oc(-c2cc(Cl)ccc2C)nc1C. The van der Waals surface area contributed by atoms with Crippen LogP contribution in [0.4, 0.5) is 0 Å². The first-order chi connectivity index (χ1) is 9.02. The van der Waals surface area contributed by atoms with Crippen LogP contribution in [0.1, 0.15) is 28.7 Å². The Morgan fingerprint density at radius 3 is 2.84 bits per heavy atom. The number of hydrogen-bond donors (Lipinski definition) is 0. The minimum atomic E-state index is -0.501. The molecule has 2 aromatic rings. The van der Waals surface area contributed by atoms with Crippen molar-refractivity contribution in [2.75, 3.05) is 6.61 Å². The van der Waals surface area contributed by atoms with E-state index in [4.69, 9.17) is 20.8 Å². The molecule has 1 aromatic heterocycles. The van der Waals surface area contributed by atoms with Crippen LogP contribution in [0.5, 0.6) is 0 Å². The van der Waals surface area contributed by atoms with Crippen LogP contribution in [0.2, 0.25) is 5.02 Å². The number of aryl methyl sites for hydroxylation is 2. The molecule has 0 aliphatic heterocycles. The molecule has 2 rings (SSSR count). The van der Waals surface area contributed by atoms with Gasteiger partial charge in [-0.15, -0.1) is 0 Å². The summed E-state index contributed by atoms with van der Waals surface area (Å²) < 4.78 is 10.4. The zero-order valence-corrected chi connectivity index (χ0v) is 11.7. The second kappa shape index (κ2) is 5.45. The van der Waals surface area contributed by atoms with Gasteiger partial charge in [-0.05, 0) is 38.5 Å². The van der Waals surface area contributed by atoms with Crippen molar-refractivity contribution in [2.45, 2.75) is 20.8 Å². The number of nitrogens with zero attached hydrogens (tertiary/aromatic N) is 1. The Labute approximate surface area is 116 Å². The van der Waals surface area contributed by atoms with Gasteiger partial charge in [-0.1, -0.05) is 17.7 Å². The monoisotopic (exact) mass is 279 g/mol. The fourth-order valence-electron chi connectivity index (χ4n) is 1.72. The Hall–Kier alpha value is -1.81. The standard InChI is InChI=1S/C14H14ClNO3/c1-4-18-14(17)12-9(3)16-13(19-12)11-7-10(15)6-5-8(11)2/h5-7H,4H2,1-3H3. The smallest absolute Gasteiger partial charge is 0.376 e. The number of hydrogen-bond acceptors (Lipinski definition) is 4. The van der Waals surface area contributed by atoms with Crippen molar-refractivity contribution in [1.29, 1.82) is 0 Å². The molecule has 0 aliphatic carbocycles. The maximum atomic E-state index is 11.7. The van der Waals surface area contributed by atoms with Gasteiger partial charge in [0.25, 0.3) is 0 Å². The molecule has 0 N–H and O–H groups in total. The van der Waals surface area contributed by atoms with Gasteiger partial charge in [0.05, 0.1) is 12.3 Å². The van der Waals surface area contributed by atoms with E-state index in [2.05, 4.69) is 4.98 Å². The molecule has 0 unspecified atom stereocenters. The highest BCUT2D eigenvalue weighted by molar-refractivity contribution is 6.30. The minimum absolute atomic E-state index is 0.135. The summed E-state index contributed by atoms with van der Waals surface area (Å²) in [4.78, 5) is 15.9. The van der Waals surface area contributed by atoms with Crippen LogP contribution in [-0.4, -0.2) is 17.6 Å². The minimum Gasteiger partial charge on any atom is -0.460 e. The molecule has 4 nitrogen and oxygen atoms in total. The fourth-order valence-corrected chi connectivity index (χ4v) is 1.89. The molecule has 19 heavy (non-hydrogen) atoms. The number of esters is 1. The van der Waals surface area contributed by atoms with Gasteiger partial charge < -0.3 is 9.15 Å². The van der Waals surface area contributed by atoms with E-state index in [1.165, 1.54) is 0 Å². The van der Waals surface area contributed by atoms with Gasteiger partial charge in [0.15, 0.2) is 0 Å². The topological polar surface area (TPSA) is 52.3 Å². The molecule has 0 bridgehead atoms. The van der Waals surface area contributed by atoms with E-state index in [1.54, 1.807) is 26.0 Å². The van der Waals surface area contributed by atoms with E-state index < -0.39 is 5.97 Å². The third-order valence-electron chi connectivity index (χ3n) is 2.69. The van der Waals surface area contributed by atoms with Gasteiger partial charge in [-0.3, -0.25) is 0 Å². The molecule has 0 saturated heterocycles. The van der Waals surface area contributed by atoms with E-state index >= 15 is 0 Å². The summed E-state index contributed by atoms with van der Waals surface area (Å²) in [6.07, 6.45) is 0. The number of aromatic nitrogens is 1. The summed E-state index contributed by atoms with van der Waals surface area (Å²) in [7, 11) is 0. The maximum absolute atomic E-state index is 11.7. The van der Waals surface area contributed by atoms with Crippen molar-refractivity contribution in [3.05, 3.63) is 40.2 Å². The molecule has 0 atom stereocenters. The second-order valence-corrected chi connectivity index (χ2v) is 4.55. The molecule has 5 heteroatoms. The van der Waals surface area contributed by atoms with Gasteiger partial charge in [0.1, 0.15) is 0 Å². The Morgan fingerprint density at radius 1 is 1.42 bits per heavy atom. The average molecular weight is 280 g/mol. The molecule has 0 spiro atoms. The molecule has 0 fully saturated rings. The number of benzene rings is 1. The van der Waals surface area contributed by atoms with Gasteiger partial charge in [-0.2, -0.15) is 0 Å². The van der Waals surface area contributed by atoms with E-state index in [0.717, 1.165) is 11.1 Å². The maximum Gasteiger partial charge on any atom is 0.376 e. The van der Waals surface area contributed by atoms with Gasteiger partial charge in [0.2, 0.25) is 11.7 Å². The number of halogens is 1. The summed E-state index contributed by atoms with van der Waals surface area (Å²) in [5.41, 5.74) is 2.25. The molecule has 100 valence electrons. The predicted molar refractivity (Wildman–Crippen MR) is 72.4 cm³/mol. The fraction of sp³-hybridized carbons (Fsp3) is 0.286.